The van der Waals surface area contributed by atoms with E-state index in [0.29, 0.717) is 5.92 Å². The predicted molar refractivity (Wildman–Crippen MR) is 72.8 cm³/mol. The number of benzene rings is 1. The number of ether oxygens (including phenoxy) is 1. The molecule has 17 heavy (non-hydrogen) atoms. The van der Waals surface area contributed by atoms with Crippen LogP contribution in [0.2, 0.25) is 0 Å². The summed E-state index contributed by atoms with van der Waals surface area (Å²) < 4.78 is 7.08. The third-order valence-electron chi connectivity index (χ3n) is 3.05. The van der Waals surface area contributed by atoms with Gasteiger partial charge in [0.15, 0.2) is 0 Å². The van der Waals surface area contributed by atoms with E-state index < -0.39 is 0 Å². The Labute approximate surface area is 112 Å². The number of carbonyl (C=O) groups is 1. The lowest BCUT2D eigenvalue weighted by atomic mass is 10.1. The summed E-state index contributed by atoms with van der Waals surface area (Å²) in [6.45, 7) is 0. The van der Waals surface area contributed by atoms with Crippen LogP contribution < -0.4 is 0 Å². The highest BCUT2D eigenvalue weighted by Crippen LogP contribution is 2.48. The van der Waals surface area contributed by atoms with Crippen LogP contribution in [0.5, 0.6) is 0 Å². The molecule has 2 nitrogen and oxygen atoms in total. The molecule has 2 aromatic rings. The molecule has 1 heterocycles. The van der Waals surface area contributed by atoms with E-state index in [1.54, 1.807) is 0 Å². The van der Waals surface area contributed by atoms with E-state index in [4.69, 9.17) is 4.74 Å². The maximum atomic E-state index is 11.8. The minimum atomic E-state index is -0.204. The summed E-state index contributed by atoms with van der Waals surface area (Å²) in [6, 6.07) is 6.19. The molecule has 4 heteroatoms. The normalized spacial score (nSPS) is 15.2. The standard InChI is InChI=1S/C13H11BrO2S/c1-16-13(15)12-11(7-2-3-7)9-5-4-8(14)6-10(9)17-12/h4-7H,2-3H2,1H3. The van der Waals surface area contributed by atoms with Gasteiger partial charge in [0, 0.05) is 9.17 Å². The number of hydrogen-bond acceptors (Lipinski definition) is 3. The molecule has 0 N–H and O–H groups in total. The Hall–Kier alpha value is -0.870. The molecule has 0 saturated heterocycles. The zero-order valence-corrected chi connectivity index (χ0v) is 11.7. The summed E-state index contributed by atoms with van der Waals surface area (Å²) >= 11 is 5.00. The Kier molecular flexibility index (Phi) is 2.71. The minimum absolute atomic E-state index is 0.204. The number of fused-ring (bicyclic) bond motifs is 1. The first kappa shape index (κ1) is 11.2. The van der Waals surface area contributed by atoms with Crippen molar-refractivity contribution in [1.82, 2.24) is 0 Å². The van der Waals surface area contributed by atoms with Gasteiger partial charge >= 0.3 is 5.97 Å². The summed E-state index contributed by atoms with van der Waals surface area (Å²) in [6.07, 6.45) is 2.37. The topological polar surface area (TPSA) is 26.3 Å². The first-order valence-corrected chi connectivity index (χ1v) is 7.12. The highest BCUT2D eigenvalue weighted by atomic mass is 79.9. The second kappa shape index (κ2) is 4.10. The van der Waals surface area contributed by atoms with Crippen molar-refractivity contribution in [3.8, 4) is 0 Å². The van der Waals surface area contributed by atoms with Gasteiger partial charge in [-0.25, -0.2) is 4.79 Å². The molecule has 1 fully saturated rings. The smallest absolute Gasteiger partial charge is 0.348 e. The van der Waals surface area contributed by atoms with E-state index >= 15 is 0 Å². The van der Waals surface area contributed by atoms with Gasteiger partial charge in [0.2, 0.25) is 0 Å². The average molecular weight is 311 g/mol. The first-order chi connectivity index (χ1) is 8.20. The van der Waals surface area contributed by atoms with E-state index in [-0.39, 0.29) is 5.97 Å². The summed E-state index contributed by atoms with van der Waals surface area (Å²) in [5.41, 5.74) is 1.20. The van der Waals surface area contributed by atoms with Crippen molar-refractivity contribution < 1.29 is 9.53 Å². The number of carbonyl (C=O) groups excluding carboxylic acids is 1. The predicted octanol–water partition coefficient (Wildman–Crippen LogP) is 4.33. The SMILES string of the molecule is COC(=O)c1sc2cc(Br)ccc2c1C1CC1. The van der Waals surface area contributed by atoms with Gasteiger partial charge in [-0.15, -0.1) is 11.3 Å². The molecular formula is C13H11BrO2S. The average Bonchev–Trinajstić information content (AvgIpc) is 3.09. The summed E-state index contributed by atoms with van der Waals surface area (Å²) in [5.74, 6) is 0.350. The van der Waals surface area contributed by atoms with Crippen LogP contribution in [0, 0.1) is 0 Å². The van der Waals surface area contributed by atoms with Crippen LogP contribution in [-0.2, 0) is 4.74 Å². The fraction of sp³-hybridized carbons (Fsp3) is 0.308. The van der Waals surface area contributed by atoms with E-state index in [9.17, 15) is 4.79 Å². The molecule has 0 unspecified atom stereocenters. The van der Waals surface area contributed by atoms with Crippen LogP contribution in [0.4, 0.5) is 0 Å². The van der Waals surface area contributed by atoms with E-state index in [1.165, 1.54) is 42.2 Å². The summed E-state index contributed by atoms with van der Waals surface area (Å²) in [5, 5.41) is 1.21. The number of esters is 1. The summed E-state index contributed by atoms with van der Waals surface area (Å²) in [4.78, 5) is 12.6. The Morgan fingerprint density at radius 1 is 1.47 bits per heavy atom. The molecule has 1 aromatic heterocycles. The molecule has 1 aliphatic carbocycles. The fourth-order valence-corrected chi connectivity index (χ4v) is 3.87. The number of halogens is 1. The molecule has 0 amide bonds. The van der Waals surface area contributed by atoms with Crippen LogP contribution in [0.25, 0.3) is 10.1 Å². The van der Waals surface area contributed by atoms with Gasteiger partial charge in [0.05, 0.1) is 7.11 Å². The zero-order chi connectivity index (χ0) is 12.0. The van der Waals surface area contributed by atoms with Gasteiger partial charge in [-0.3, -0.25) is 0 Å². The van der Waals surface area contributed by atoms with Crippen molar-refractivity contribution in [1.29, 1.82) is 0 Å². The maximum Gasteiger partial charge on any atom is 0.348 e. The number of methoxy groups -OCH3 is 1. The van der Waals surface area contributed by atoms with Crippen LogP contribution in [0.1, 0.15) is 34.0 Å². The number of hydrogen-bond donors (Lipinski definition) is 0. The Morgan fingerprint density at radius 3 is 2.88 bits per heavy atom. The van der Waals surface area contributed by atoms with Crippen molar-refractivity contribution in [2.75, 3.05) is 7.11 Å². The molecule has 0 atom stereocenters. The second-order valence-corrected chi connectivity index (χ2v) is 6.22. The molecule has 0 aliphatic heterocycles. The molecule has 88 valence electrons. The van der Waals surface area contributed by atoms with E-state index in [2.05, 4.69) is 28.1 Å². The lowest BCUT2D eigenvalue weighted by Crippen LogP contribution is -2.01. The Bertz CT molecular complexity index is 599. The fourth-order valence-electron chi connectivity index (χ4n) is 2.11. The molecular weight excluding hydrogens is 300 g/mol. The van der Waals surface area contributed by atoms with Gasteiger partial charge in [-0.05, 0) is 41.8 Å². The van der Waals surface area contributed by atoms with Crippen molar-refractivity contribution in [2.24, 2.45) is 0 Å². The molecule has 1 aliphatic rings. The molecule has 1 aromatic carbocycles. The lowest BCUT2D eigenvalue weighted by Gasteiger charge is -2.00. The largest absolute Gasteiger partial charge is 0.465 e. The van der Waals surface area contributed by atoms with Crippen LogP contribution >= 0.6 is 27.3 Å². The van der Waals surface area contributed by atoms with Crippen molar-refractivity contribution in [2.45, 2.75) is 18.8 Å². The van der Waals surface area contributed by atoms with Gasteiger partial charge in [-0.2, -0.15) is 0 Å². The van der Waals surface area contributed by atoms with Crippen LogP contribution in [0.15, 0.2) is 22.7 Å². The number of thiophene rings is 1. The van der Waals surface area contributed by atoms with Crippen LogP contribution in [0.3, 0.4) is 0 Å². The monoisotopic (exact) mass is 310 g/mol. The van der Waals surface area contributed by atoms with Gasteiger partial charge in [0.1, 0.15) is 4.88 Å². The second-order valence-electron chi connectivity index (χ2n) is 4.25. The molecule has 3 rings (SSSR count). The molecule has 1 saturated carbocycles. The van der Waals surface area contributed by atoms with Gasteiger partial charge in [-0.1, -0.05) is 22.0 Å². The van der Waals surface area contributed by atoms with Crippen molar-refractivity contribution >= 4 is 43.3 Å². The minimum Gasteiger partial charge on any atom is -0.465 e. The lowest BCUT2D eigenvalue weighted by molar-refractivity contribution is 0.0605. The third-order valence-corrected chi connectivity index (χ3v) is 4.69. The van der Waals surface area contributed by atoms with Gasteiger partial charge in [0.25, 0.3) is 0 Å². The van der Waals surface area contributed by atoms with E-state index in [0.717, 1.165) is 14.0 Å². The first-order valence-electron chi connectivity index (χ1n) is 5.51. The highest BCUT2D eigenvalue weighted by Gasteiger charge is 2.32. The maximum absolute atomic E-state index is 11.8. The molecule has 0 radical (unpaired) electrons. The van der Waals surface area contributed by atoms with Crippen molar-refractivity contribution in [3.63, 3.8) is 0 Å². The third kappa shape index (κ3) is 1.89. The molecule has 0 bridgehead atoms. The summed E-state index contributed by atoms with van der Waals surface area (Å²) in [7, 11) is 1.44. The highest BCUT2D eigenvalue weighted by molar-refractivity contribution is 9.10. The van der Waals surface area contributed by atoms with E-state index in [1.807, 2.05) is 6.07 Å². The van der Waals surface area contributed by atoms with Crippen LogP contribution in [-0.4, -0.2) is 13.1 Å². The molecule has 0 spiro atoms. The Balaban J connectivity index is 2.26. The van der Waals surface area contributed by atoms with Crippen molar-refractivity contribution in [3.05, 3.63) is 33.1 Å². The number of rotatable bonds is 2. The Morgan fingerprint density at radius 2 is 2.24 bits per heavy atom. The zero-order valence-electron chi connectivity index (χ0n) is 9.33. The quantitative estimate of drug-likeness (QED) is 0.772. The van der Waals surface area contributed by atoms with Gasteiger partial charge < -0.3 is 4.74 Å².